The third kappa shape index (κ3) is 3.93. The van der Waals surface area contributed by atoms with Gasteiger partial charge in [-0.15, -0.1) is 23.2 Å². The second-order valence-corrected chi connectivity index (χ2v) is 12.3. The standard InChI is InChI=1S/C30H24Cl4N2O3/c31-22-14-13-17(16-23(22)32)35-24(37)12-2-1-7-15-36-27(38)25-26(28(36)39)30(34)19-9-4-3-8-18(19)29(25,33)20-10-5-6-11-21(20)30/h3-6,8-11,13-14,16,25-26H,1-2,7,12,15H2,(H,35,37)/t25-,26-,29?,30?/m0/s1. The molecule has 3 aliphatic carbocycles. The molecule has 2 bridgehead atoms. The lowest BCUT2D eigenvalue weighted by molar-refractivity contribution is -0.140. The lowest BCUT2D eigenvalue weighted by atomic mass is 9.54. The zero-order valence-electron chi connectivity index (χ0n) is 20.7. The van der Waals surface area contributed by atoms with E-state index in [2.05, 4.69) is 5.32 Å². The summed E-state index contributed by atoms with van der Waals surface area (Å²) in [5.74, 6) is -2.29. The number of hydrogen-bond acceptors (Lipinski definition) is 3. The van der Waals surface area contributed by atoms with Crippen molar-refractivity contribution < 1.29 is 14.4 Å². The predicted molar refractivity (Wildman–Crippen MR) is 153 cm³/mol. The number of halogens is 4. The molecule has 4 aliphatic rings. The normalized spacial score (nSPS) is 26.3. The zero-order valence-corrected chi connectivity index (χ0v) is 23.7. The summed E-state index contributed by atoms with van der Waals surface area (Å²) in [7, 11) is 0. The quantitative estimate of drug-likeness (QED) is 0.179. The number of nitrogens with zero attached hydrogens (tertiary/aromatic N) is 1. The fourth-order valence-electron chi connectivity index (χ4n) is 6.47. The Balaban J connectivity index is 1.15. The Kier molecular flexibility index (Phi) is 6.70. The van der Waals surface area contributed by atoms with Crippen LogP contribution in [-0.4, -0.2) is 29.2 Å². The molecule has 1 fully saturated rings. The summed E-state index contributed by atoms with van der Waals surface area (Å²) in [6.45, 7) is 0.256. The molecule has 1 saturated heterocycles. The zero-order chi connectivity index (χ0) is 27.5. The minimum Gasteiger partial charge on any atom is -0.326 e. The minimum absolute atomic E-state index is 0.145. The molecule has 0 spiro atoms. The number of carbonyl (C=O) groups excluding carboxylic acids is 3. The highest BCUT2D eigenvalue weighted by Crippen LogP contribution is 2.69. The lowest BCUT2D eigenvalue weighted by Gasteiger charge is -2.54. The average molecular weight is 602 g/mol. The van der Waals surface area contributed by atoms with E-state index in [-0.39, 0.29) is 24.3 Å². The van der Waals surface area contributed by atoms with Crippen LogP contribution < -0.4 is 5.32 Å². The van der Waals surface area contributed by atoms with Crippen LogP contribution in [0.15, 0.2) is 66.7 Å². The van der Waals surface area contributed by atoms with Gasteiger partial charge in [0.2, 0.25) is 17.7 Å². The van der Waals surface area contributed by atoms with Gasteiger partial charge in [-0.3, -0.25) is 19.3 Å². The van der Waals surface area contributed by atoms with Crippen molar-refractivity contribution >= 4 is 69.8 Å². The van der Waals surface area contributed by atoms with Gasteiger partial charge in [-0.1, -0.05) is 78.2 Å². The Labute approximate surface area is 246 Å². The van der Waals surface area contributed by atoms with Crippen LogP contribution in [0, 0.1) is 11.8 Å². The molecule has 9 heteroatoms. The van der Waals surface area contributed by atoms with Crippen molar-refractivity contribution in [1.29, 1.82) is 0 Å². The summed E-state index contributed by atoms with van der Waals surface area (Å²) < 4.78 is 0. The van der Waals surface area contributed by atoms with Crippen molar-refractivity contribution in [2.75, 3.05) is 11.9 Å². The summed E-state index contributed by atoms with van der Waals surface area (Å²) in [4.78, 5) is 39.0. The Bertz CT molecular complexity index is 1400. The molecule has 0 radical (unpaired) electrons. The largest absolute Gasteiger partial charge is 0.326 e. The summed E-state index contributed by atoms with van der Waals surface area (Å²) in [6, 6.07) is 20.1. The summed E-state index contributed by atoms with van der Waals surface area (Å²) in [5.41, 5.74) is 3.73. The maximum atomic E-state index is 13.8. The number of hydrogen-bond donors (Lipinski definition) is 1. The van der Waals surface area contributed by atoms with Gasteiger partial charge in [0, 0.05) is 18.7 Å². The number of alkyl halides is 2. The molecule has 1 aliphatic heterocycles. The highest BCUT2D eigenvalue weighted by atomic mass is 35.5. The molecule has 0 unspecified atom stereocenters. The van der Waals surface area contributed by atoms with Crippen LogP contribution in [0.1, 0.15) is 47.9 Å². The van der Waals surface area contributed by atoms with Gasteiger partial charge in [0.05, 0.1) is 21.9 Å². The van der Waals surface area contributed by atoms with Crippen LogP contribution >= 0.6 is 46.4 Å². The number of unbranched alkanes of at least 4 members (excludes halogenated alkanes) is 2. The Hall–Kier alpha value is -2.57. The minimum atomic E-state index is -1.17. The van der Waals surface area contributed by atoms with Gasteiger partial charge in [-0.2, -0.15) is 0 Å². The number of benzene rings is 3. The molecule has 39 heavy (non-hydrogen) atoms. The number of anilines is 1. The first kappa shape index (κ1) is 26.6. The van der Waals surface area contributed by atoms with E-state index in [1.165, 1.54) is 4.90 Å². The van der Waals surface area contributed by atoms with Crippen molar-refractivity contribution in [2.45, 2.75) is 35.4 Å². The molecule has 3 amide bonds. The topological polar surface area (TPSA) is 66.5 Å². The van der Waals surface area contributed by atoms with E-state index >= 15 is 0 Å². The van der Waals surface area contributed by atoms with Crippen LogP contribution in [0.25, 0.3) is 0 Å². The maximum Gasteiger partial charge on any atom is 0.235 e. The van der Waals surface area contributed by atoms with E-state index in [0.29, 0.717) is 41.4 Å². The van der Waals surface area contributed by atoms with Crippen LogP contribution in [0.2, 0.25) is 10.0 Å². The first-order chi connectivity index (χ1) is 18.7. The summed E-state index contributed by atoms with van der Waals surface area (Å²) >= 11 is 26.8. The van der Waals surface area contributed by atoms with Gasteiger partial charge < -0.3 is 5.32 Å². The molecule has 2 atom stereocenters. The van der Waals surface area contributed by atoms with Gasteiger partial charge >= 0.3 is 0 Å². The first-order valence-electron chi connectivity index (χ1n) is 12.9. The van der Waals surface area contributed by atoms with Crippen LogP contribution in [-0.2, 0) is 24.1 Å². The van der Waals surface area contributed by atoms with Gasteiger partial charge in [0.25, 0.3) is 0 Å². The van der Waals surface area contributed by atoms with E-state index in [0.717, 1.165) is 22.3 Å². The van der Waals surface area contributed by atoms with Crippen molar-refractivity contribution in [3.8, 4) is 0 Å². The van der Waals surface area contributed by atoms with Crippen molar-refractivity contribution in [3.05, 3.63) is 99.0 Å². The number of imide groups is 1. The van der Waals surface area contributed by atoms with Crippen LogP contribution in [0.4, 0.5) is 5.69 Å². The lowest BCUT2D eigenvalue weighted by Crippen LogP contribution is -2.57. The number of rotatable bonds is 7. The number of nitrogens with one attached hydrogen (secondary N) is 1. The van der Waals surface area contributed by atoms with Gasteiger partial charge in [0.15, 0.2) is 0 Å². The fourth-order valence-corrected chi connectivity index (χ4v) is 7.87. The van der Waals surface area contributed by atoms with Gasteiger partial charge in [-0.05, 0) is 53.3 Å². The van der Waals surface area contributed by atoms with Crippen molar-refractivity contribution in [2.24, 2.45) is 11.8 Å². The van der Waals surface area contributed by atoms with Crippen molar-refractivity contribution in [3.63, 3.8) is 0 Å². The molecule has 5 nitrogen and oxygen atoms in total. The fraction of sp³-hybridized carbons (Fsp3) is 0.300. The molecule has 0 saturated carbocycles. The molecule has 1 N–H and O–H groups in total. The second kappa shape index (κ2) is 9.81. The van der Waals surface area contributed by atoms with Crippen molar-refractivity contribution in [1.82, 2.24) is 4.90 Å². The molecular weight excluding hydrogens is 578 g/mol. The third-order valence-corrected chi connectivity index (χ3v) is 10.2. The van der Waals surface area contributed by atoms with Gasteiger partial charge in [-0.25, -0.2) is 0 Å². The number of carbonyl (C=O) groups is 3. The van der Waals surface area contributed by atoms with E-state index < -0.39 is 21.6 Å². The van der Waals surface area contributed by atoms with Gasteiger partial charge in [0.1, 0.15) is 9.75 Å². The van der Waals surface area contributed by atoms with E-state index in [1.807, 2.05) is 48.5 Å². The average Bonchev–Trinajstić information content (AvgIpc) is 3.19. The Morgan fingerprint density at radius 2 is 1.26 bits per heavy atom. The monoisotopic (exact) mass is 600 g/mol. The summed E-state index contributed by atoms with van der Waals surface area (Å²) in [5, 5.41) is 3.59. The highest BCUT2D eigenvalue weighted by molar-refractivity contribution is 6.42. The molecule has 3 aromatic carbocycles. The smallest absolute Gasteiger partial charge is 0.235 e. The molecule has 7 rings (SSSR count). The van der Waals surface area contributed by atoms with Crippen LogP contribution in [0.5, 0.6) is 0 Å². The summed E-state index contributed by atoms with van der Waals surface area (Å²) in [6.07, 6.45) is 2.14. The molecule has 200 valence electrons. The molecule has 3 aromatic rings. The Morgan fingerprint density at radius 1 is 0.744 bits per heavy atom. The van der Waals surface area contributed by atoms with E-state index in [1.54, 1.807) is 18.2 Å². The van der Waals surface area contributed by atoms with E-state index in [4.69, 9.17) is 46.4 Å². The number of amides is 3. The third-order valence-electron chi connectivity index (χ3n) is 8.17. The SMILES string of the molecule is O=C(CCCCCN1C(=O)[C@@H]2[C@@H](C1=O)C1(Cl)c3ccccc3C2(Cl)c2ccccc21)Nc1ccc(Cl)c(Cl)c1. The number of likely N-dealkylation sites (tertiary alicyclic amines) is 1. The van der Waals surface area contributed by atoms with Crippen LogP contribution in [0.3, 0.4) is 0 Å². The molecule has 0 aromatic heterocycles. The van der Waals surface area contributed by atoms with E-state index in [9.17, 15) is 14.4 Å². The highest BCUT2D eigenvalue weighted by Gasteiger charge is 2.72. The molecule has 1 heterocycles. The maximum absolute atomic E-state index is 13.8. The first-order valence-corrected chi connectivity index (χ1v) is 14.4. The molecular formula is C30H24Cl4N2O3. The predicted octanol–water partition coefficient (Wildman–Crippen LogP) is 7.09. The second-order valence-electron chi connectivity index (χ2n) is 10.3. The Morgan fingerprint density at radius 3 is 1.74 bits per heavy atom.